The molecular formula is C19H22O2. The van der Waals surface area contributed by atoms with Crippen LogP contribution >= 0.6 is 0 Å². The summed E-state index contributed by atoms with van der Waals surface area (Å²) in [7, 11) is 0. The summed E-state index contributed by atoms with van der Waals surface area (Å²) in [5.74, 6) is -0.305. The lowest BCUT2D eigenvalue weighted by molar-refractivity contribution is -0.163. The minimum absolute atomic E-state index is 0.135. The van der Waals surface area contributed by atoms with Gasteiger partial charge in [-0.3, -0.25) is 4.79 Å². The fraction of sp³-hybridized carbons (Fsp3) is 0.316. The van der Waals surface area contributed by atoms with Gasteiger partial charge in [0.15, 0.2) is 0 Å². The Morgan fingerprint density at radius 2 is 1.52 bits per heavy atom. The summed E-state index contributed by atoms with van der Waals surface area (Å²) in [6.45, 7) is 5.70. The first-order valence-electron chi connectivity index (χ1n) is 7.33. The first-order chi connectivity index (χ1) is 10.0. The molecule has 0 bridgehead atoms. The number of rotatable bonds is 5. The van der Waals surface area contributed by atoms with E-state index in [2.05, 4.69) is 12.1 Å². The molecular weight excluding hydrogens is 260 g/mol. The van der Waals surface area contributed by atoms with Crippen molar-refractivity contribution in [2.24, 2.45) is 5.92 Å². The molecule has 1 atom stereocenters. The Morgan fingerprint density at radius 1 is 1.00 bits per heavy atom. The Bertz CT molecular complexity index is 575. The Kier molecular flexibility index (Phi) is 4.79. The van der Waals surface area contributed by atoms with Gasteiger partial charge in [-0.1, -0.05) is 74.5 Å². The molecule has 0 spiro atoms. The zero-order chi connectivity index (χ0) is 15.3. The van der Waals surface area contributed by atoms with Crippen LogP contribution in [0.15, 0.2) is 60.7 Å². The van der Waals surface area contributed by atoms with E-state index >= 15 is 0 Å². The fourth-order valence-corrected chi connectivity index (χ4v) is 2.31. The van der Waals surface area contributed by atoms with Gasteiger partial charge in [0.05, 0.1) is 5.92 Å². The topological polar surface area (TPSA) is 26.3 Å². The summed E-state index contributed by atoms with van der Waals surface area (Å²) >= 11 is 0. The van der Waals surface area contributed by atoms with Crippen LogP contribution in [0.4, 0.5) is 0 Å². The van der Waals surface area contributed by atoms with Crippen LogP contribution in [-0.4, -0.2) is 5.97 Å². The van der Waals surface area contributed by atoms with Crippen LogP contribution in [0.25, 0.3) is 0 Å². The van der Waals surface area contributed by atoms with E-state index in [0.29, 0.717) is 6.42 Å². The molecule has 0 fully saturated rings. The lowest BCUT2D eigenvalue weighted by Crippen LogP contribution is -2.33. The van der Waals surface area contributed by atoms with Crippen molar-refractivity contribution in [1.82, 2.24) is 0 Å². The molecule has 21 heavy (non-hydrogen) atoms. The van der Waals surface area contributed by atoms with E-state index in [0.717, 1.165) is 11.1 Å². The fourth-order valence-electron chi connectivity index (χ4n) is 2.31. The lowest BCUT2D eigenvalue weighted by Gasteiger charge is -2.31. The second-order valence-electron chi connectivity index (χ2n) is 5.84. The van der Waals surface area contributed by atoms with E-state index in [4.69, 9.17) is 4.74 Å². The van der Waals surface area contributed by atoms with Gasteiger partial charge in [-0.2, -0.15) is 0 Å². The predicted octanol–water partition coefficient (Wildman–Crippen LogP) is 4.34. The first kappa shape index (κ1) is 15.3. The Balaban J connectivity index is 2.32. The molecule has 0 N–H and O–H groups in total. The Labute approximate surface area is 126 Å². The molecule has 0 heterocycles. The molecule has 0 radical (unpaired) electrons. The number of benzene rings is 2. The van der Waals surface area contributed by atoms with E-state index in [1.54, 1.807) is 0 Å². The average Bonchev–Trinajstić information content (AvgIpc) is 2.49. The van der Waals surface area contributed by atoms with Gasteiger partial charge in [0.1, 0.15) is 5.60 Å². The van der Waals surface area contributed by atoms with Gasteiger partial charge in [-0.25, -0.2) is 0 Å². The molecule has 110 valence electrons. The van der Waals surface area contributed by atoms with E-state index < -0.39 is 5.60 Å². The highest BCUT2D eigenvalue weighted by atomic mass is 16.6. The maximum Gasteiger partial charge on any atom is 0.309 e. The van der Waals surface area contributed by atoms with Crippen LogP contribution in [0.3, 0.4) is 0 Å². The molecule has 0 saturated carbocycles. The summed E-state index contributed by atoms with van der Waals surface area (Å²) < 4.78 is 5.85. The maximum absolute atomic E-state index is 12.1. The highest BCUT2D eigenvalue weighted by Crippen LogP contribution is 2.30. The van der Waals surface area contributed by atoms with E-state index in [1.165, 1.54) is 0 Å². The highest BCUT2D eigenvalue weighted by molar-refractivity contribution is 5.72. The van der Waals surface area contributed by atoms with Gasteiger partial charge in [-0.05, 0) is 18.1 Å². The molecule has 2 nitrogen and oxygen atoms in total. The molecule has 2 aromatic rings. The molecule has 0 aliphatic carbocycles. The number of hydrogen-bond donors (Lipinski definition) is 0. The monoisotopic (exact) mass is 282 g/mol. The van der Waals surface area contributed by atoms with Gasteiger partial charge in [0.2, 0.25) is 0 Å². The number of hydrogen-bond acceptors (Lipinski definition) is 2. The van der Waals surface area contributed by atoms with Crippen molar-refractivity contribution in [3.05, 3.63) is 71.8 Å². The zero-order valence-electron chi connectivity index (χ0n) is 12.9. The second-order valence-corrected chi connectivity index (χ2v) is 5.84. The summed E-state index contributed by atoms with van der Waals surface area (Å²) in [4.78, 5) is 12.1. The van der Waals surface area contributed by atoms with E-state index in [-0.39, 0.29) is 11.9 Å². The average molecular weight is 282 g/mol. The van der Waals surface area contributed by atoms with Gasteiger partial charge in [0, 0.05) is 6.42 Å². The summed E-state index contributed by atoms with van der Waals surface area (Å²) in [5, 5.41) is 0. The highest BCUT2D eigenvalue weighted by Gasteiger charge is 2.32. The number of esters is 1. The van der Waals surface area contributed by atoms with Crippen molar-refractivity contribution in [2.45, 2.75) is 32.8 Å². The first-order valence-corrected chi connectivity index (χ1v) is 7.33. The van der Waals surface area contributed by atoms with E-state index in [1.807, 2.05) is 69.3 Å². The molecule has 2 rings (SSSR count). The summed E-state index contributed by atoms with van der Waals surface area (Å²) in [6, 6.07) is 20.1. The lowest BCUT2D eigenvalue weighted by atomic mass is 9.88. The third-order valence-electron chi connectivity index (χ3n) is 3.57. The van der Waals surface area contributed by atoms with Crippen molar-refractivity contribution in [2.75, 3.05) is 0 Å². The normalized spacial score (nSPS) is 13.7. The second kappa shape index (κ2) is 6.57. The zero-order valence-corrected chi connectivity index (χ0v) is 12.9. The molecule has 1 unspecified atom stereocenters. The molecule has 0 saturated heterocycles. The predicted molar refractivity (Wildman–Crippen MR) is 84.9 cm³/mol. The minimum atomic E-state index is -0.649. The van der Waals surface area contributed by atoms with Crippen molar-refractivity contribution >= 4 is 5.97 Å². The van der Waals surface area contributed by atoms with Gasteiger partial charge in [0.25, 0.3) is 0 Å². The van der Waals surface area contributed by atoms with Gasteiger partial charge in [-0.15, -0.1) is 0 Å². The van der Waals surface area contributed by atoms with Crippen LogP contribution in [0.2, 0.25) is 0 Å². The van der Waals surface area contributed by atoms with Crippen LogP contribution in [0.5, 0.6) is 0 Å². The molecule has 0 aliphatic heterocycles. The van der Waals surface area contributed by atoms with Crippen molar-refractivity contribution in [3.8, 4) is 0 Å². The molecule has 2 aromatic carbocycles. The number of carbonyl (C=O) groups excluding carboxylic acids is 1. The van der Waals surface area contributed by atoms with Crippen LogP contribution in [0.1, 0.15) is 31.9 Å². The smallest absolute Gasteiger partial charge is 0.309 e. The SMILES string of the molecule is CC(C)C(=O)OC(C)(Cc1ccccc1)c1ccccc1. The Morgan fingerprint density at radius 3 is 2.05 bits per heavy atom. The van der Waals surface area contributed by atoms with Gasteiger partial charge >= 0.3 is 5.97 Å². The minimum Gasteiger partial charge on any atom is -0.454 e. The van der Waals surface area contributed by atoms with Crippen molar-refractivity contribution < 1.29 is 9.53 Å². The molecule has 0 aromatic heterocycles. The number of carbonyl (C=O) groups is 1. The Hall–Kier alpha value is -2.09. The summed E-state index contributed by atoms with van der Waals surface area (Å²) in [5.41, 5.74) is 1.52. The quantitative estimate of drug-likeness (QED) is 0.762. The van der Waals surface area contributed by atoms with Crippen LogP contribution in [0, 0.1) is 5.92 Å². The van der Waals surface area contributed by atoms with E-state index in [9.17, 15) is 4.79 Å². The van der Waals surface area contributed by atoms with Crippen LogP contribution in [-0.2, 0) is 21.6 Å². The standard InChI is InChI=1S/C19H22O2/c1-15(2)18(20)21-19(3,17-12-8-5-9-13-17)14-16-10-6-4-7-11-16/h4-13,15H,14H2,1-3H3. The largest absolute Gasteiger partial charge is 0.454 e. The van der Waals surface area contributed by atoms with Gasteiger partial charge < -0.3 is 4.74 Å². The molecule has 0 amide bonds. The molecule has 2 heteroatoms. The van der Waals surface area contributed by atoms with Crippen molar-refractivity contribution in [3.63, 3.8) is 0 Å². The van der Waals surface area contributed by atoms with Crippen LogP contribution < -0.4 is 0 Å². The molecule has 0 aliphatic rings. The third-order valence-corrected chi connectivity index (χ3v) is 3.57. The third kappa shape index (κ3) is 3.94. The maximum atomic E-state index is 12.1. The number of ether oxygens (including phenoxy) is 1. The summed E-state index contributed by atoms with van der Waals surface area (Å²) in [6.07, 6.45) is 0.663. The van der Waals surface area contributed by atoms with Crippen molar-refractivity contribution in [1.29, 1.82) is 0 Å².